The van der Waals surface area contributed by atoms with Gasteiger partial charge in [-0.05, 0) is 32.4 Å². The molecule has 1 aromatic carbocycles. The molecule has 1 saturated heterocycles. The number of nitrogens with zero attached hydrogens (tertiary/aromatic N) is 2. The fraction of sp³-hybridized carbons (Fsp3) is 0.562. The number of benzene rings is 1. The average molecular weight is 275 g/mol. The monoisotopic (exact) mass is 275 g/mol. The molecule has 4 nitrogen and oxygen atoms in total. The SMILES string of the molecule is C[C@H](N)C(=O)N1CCC[C@@H](N(C)Cc2ccccc2)C1. The van der Waals surface area contributed by atoms with Crippen LogP contribution in [0.5, 0.6) is 0 Å². The Morgan fingerprint density at radius 1 is 1.45 bits per heavy atom. The van der Waals surface area contributed by atoms with Crippen molar-refractivity contribution < 1.29 is 4.79 Å². The number of nitrogens with two attached hydrogens (primary N) is 1. The van der Waals surface area contributed by atoms with E-state index < -0.39 is 6.04 Å². The highest BCUT2D eigenvalue weighted by atomic mass is 16.2. The molecule has 0 spiro atoms. The Kier molecular flexibility index (Phi) is 5.15. The molecule has 0 aliphatic carbocycles. The summed E-state index contributed by atoms with van der Waals surface area (Å²) in [5.74, 6) is 0.0720. The van der Waals surface area contributed by atoms with Gasteiger partial charge in [0.15, 0.2) is 0 Å². The summed E-state index contributed by atoms with van der Waals surface area (Å²) < 4.78 is 0. The molecule has 1 fully saturated rings. The van der Waals surface area contributed by atoms with Crippen molar-refractivity contribution in [2.75, 3.05) is 20.1 Å². The van der Waals surface area contributed by atoms with E-state index >= 15 is 0 Å². The maximum atomic E-state index is 12.0. The third-order valence-electron chi connectivity index (χ3n) is 4.00. The molecule has 0 aromatic heterocycles. The minimum Gasteiger partial charge on any atom is -0.340 e. The van der Waals surface area contributed by atoms with E-state index in [4.69, 9.17) is 5.73 Å². The Morgan fingerprint density at radius 3 is 2.80 bits per heavy atom. The highest BCUT2D eigenvalue weighted by Crippen LogP contribution is 2.17. The lowest BCUT2D eigenvalue weighted by Crippen LogP contribution is -2.52. The number of amides is 1. The van der Waals surface area contributed by atoms with Crippen LogP contribution in [0.1, 0.15) is 25.3 Å². The van der Waals surface area contributed by atoms with Crippen molar-refractivity contribution in [3.63, 3.8) is 0 Å². The maximum absolute atomic E-state index is 12.0. The zero-order chi connectivity index (χ0) is 14.5. The van der Waals surface area contributed by atoms with Gasteiger partial charge < -0.3 is 10.6 Å². The van der Waals surface area contributed by atoms with Crippen molar-refractivity contribution in [2.45, 2.75) is 38.4 Å². The molecule has 1 amide bonds. The molecule has 0 radical (unpaired) electrons. The highest BCUT2D eigenvalue weighted by Gasteiger charge is 2.27. The van der Waals surface area contributed by atoms with Gasteiger partial charge in [0.1, 0.15) is 0 Å². The molecule has 1 heterocycles. The van der Waals surface area contributed by atoms with E-state index in [2.05, 4.69) is 36.2 Å². The average Bonchev–Trinajstić information content (AvgIpc) is 2.47. The van der Waals surface area contributed by atoms with Crippen molar-refractivity contribution >= 4 is 5.91 Å². The van der Waals surface area contributed by atoms with Gasteiger partial charge in [0.05, 0.1) is 6.04 Å². The van der Waals surface area contributed by atoms with Crippen LogP contribution < -0.4 is 5.73 Å². The zero-order valence-corrected chi connectivity index (χ0v) is 12.5. The standard InChI is InChI=1S/C16H25N3O/c1-13(17)16(20)19-10-6-9-15(12-19)18(2)11-14-7-4-3-5-8-14/h3-5,7-8,13,15H,6,9-12,17H2,1-2H3/t13-,15+/m0/s1. The summed E-state index contributed by atoms with van der Waals surface area (Å²) >= 11 is 0. The van der Waals surface area contributed by atoms with E-state index in [1.54, 1.807) is 6.92 Å². The van der Waals surface area contributed by atoms with E-state index in [-0.39, 0.29) is 5.91 Å². The van der Waals surface area contributed by atoms with Gasteiger partial charge in [0.2, 0.25) is 5.91 Å². The third-order valence-corrected chi connectivity index (χ3v) is 4.00. The Balaban J connectivity index is 1.93. The first-order valence-electron chi connectivity index (χ1n) is 7.36. The summed E-state index contributed by atoms with van der Waals surface area (Å²) in [6, 6.07) is 10.5. The predicted octanol–water partition coefficient (Wildman–Crippen LogP) is 1.46. The van der Waals surface area contributed by atoms with Crippen LogP contribution in [0.3, 0.4) is 0 Å². The van der Waals surface area contributed by atoms with Crippen molar-refractivity contribution in [1.82, 2.24) is 9.80 Å². The van der Waals surface area contributed by atoms with Crippen molar-refractivity contribution in [3.8, 4) is 0 Å². The highest BCUT2D eigenvalue weighted by molar-refractivity contribution is 5.81. The summed E-state index contributed by atoms with van der Waals surface area (Å²) in [7, 11) is 2.14. The Hall–Kier alpha value is -1.39. The lowest BCUT2D eigenvalue weighted by atomic mass is 10.0. The van der Waals surface area contributed by atoms with Gasteiger partial charge in [-0.15, -0.1) is 0 Å². The van der Waals surface area contributed by atoms with Gasteiger partial charge in [-0.3, -0.25) is 9.69 Å². The Morgan fingerprint density at radius 2 is 2.15 bits per heavy atom. The van der Waals surface area contributed by atoms with Crippen LogP contribution in [0.15, 0.2) is 30.3 Å². The van der Waals surface area contributed by atoms with Crippen LogP contribution >= 0.6 is 0 Å². The molecule has 0 saturated carbocycles. The molecule has 1 aliphatic heterocycles. The maximum Gasteiger partial charge on any atom is 0.239 e. The zero-order valence-electron chi connectivity index (χ0n) is 12.5. The van der Waals surface area contributed by atoms with E-state index in [1.807, 2.05) is 11.0 Å². The molecule has 2 N–H and O–H groups in total. The minimum absolute atomic E-state index is 0.0720. The van der Waals surface area contributed by atoms with Crippen LogP contribution in [0.2, 0.25) is 0 Å². The first-order valence-corrected chi connectivity index (χ1v) is 7.36. The first kappa shape index (κ1) is 15.0. The van der Waals surface area contributed by atoms with Crippen molar-refractivity contribution in [1.29, 1.82) is 0 Å². The predicted molar refractivity (Wildman–Crippen MR) is 81.2 cm³/mol. The summed E-state index contributed by atoms with van der Waals surface area (Å²) in [4.78, 5) is 16.3. The molecule has 110 valence electrons. The van der Waals surface area contributed by atoms with Crippen LogP contribution in [0.4, 0.5) is 0 Å². The second-order valence-electron chi connectivity index (χ2n) is 5.77. The number of piperidine rings is 1. The van der Waals surface area contributed by atoms with Gasteiger partial charge in [0.25, 0.3) is 0 Å². The quantitative estimate of drug-likeness (QED) is 0.905. The molecule has 1 aromatic rings. The van der Waals surface area contributed by atoms with Crippen LogP contribution in [-0.2, 0) is 11.3 Å². The Labute approximate surface area is 121 Å². The van der Waals surface area contributed by atoms with Crippen molar-refractivity contribution in [3.05, 3.63) is 35.9 Å². The summed E-state index contributed by atoms with van der Waals surface area (Å²) in [6.07, 6.45) is 2.20. The van der Waals surface area contributed by atoms with Gasteiger partial charge in [-0.25, -0.2) is 0 Å². The number of carbonyl (C=O) groups is 1. The molecule has 2 rings (SSSR count). The number of rotatable bonds is 4. The summed E-state index contributed by atoms with van der Waals surface area (Å²) in [5.41, 5.74) is 7.02. The lowest BCUT2D eigenvalue weighted by molar-refractivity contribution is -0.134. The minimum atomic E-state index is -0.395. The summed E-state index contributed by atoms with van der Waals surface area (Å²) in [5, 5.41) is 0. The third kappa shape index (κ3) is 3.81. The van der Waals surface area contributed by atoms with Gasteiger partial charge in [-0.2, -0.15) is 0 Å². The number of hydrogen-bond acceptors (Lipinski definition) is 3. The molecular formula is C16H25N3O. The lowest BCUT2D eigenvalue weighted by Gasteiger charge is -2.38. The van der Waals surface area contributed by atoms with E-state index in [1.165, 1.54) is 5.56 Å². The second kappa shape index (κ2) is 6.86. The van der Waals surface area contributed by atoms with Crippen LogP contribution in [0.25, 0.3) is 0 Å². The number of likely N-dealkylation sites (N-methyl/N-ethyl adjacent to an activating group) is 1. The number of likely N-dealkylation sites (tertiary alicyclic amines) is 1. The number of carbonyl (C=O) groups excluding carboxylic acids is 1. The molecule has 4 heteroatoms. The molecule has 2 atom stereocenters. The Bertz CT molecular complexity index is 433. The molecular weight excluding hydrogens is 250 g/mol. The van der Waals surface area contributed by atoms with E-state index in [0.29, 0.717) is 6.04 Å². The second-order valence-corrected chi connectivity index (χ2v) is 5.77. The number of hydrogen-bond donors (Lipinski definition) is 1. The van der Waals surface area contributed by atoms with Crippen LogP contribution in [-0.4, -0.2) is 47.9 Å². The molecule has 20 heavy (non-hydrogen) atoms. The molecule has 1 aliphatic rings. The van der Waals surface area contributed by atoms with Crippen LogP contribution in [0, 0.1) is 0 Å². The smallest absolute Gasteiger partial charge is 0.239 e. The van der Waals surface area contributed by atoms with Gasteiger partial charge in [-0.1, -0.05) is 30.3 Å². The van der Waals surface area contributed by atoms with Gasteiger partial charge >= 0.3 is 0 Å². The topological polar surface area (TPSA) is 49.6 Å². The summed E-state index contributed by atoms with van der Waals surface area (Å²) in [6.45, 7) is 4.32. The van der Waals surface area contributed by atoms with Gasteiger partial charge in [0, 0.05) is 25.7 Å². The molecule has 0 unspecified atom stereocenters. The fourth-order valence-corrected chi connectivity index (χ4v) is 2.80. The van der Waals surface area contributed by atoms with E-state index in [9.17, 15) is 4.79 Å². The fourth-order valence-electron chi connectivity index (χ4n) is 2.80. The van der Waals surface area contributed by atoms with Crippen molar-refractivity contribution in [2.24, 2.45) is 5.73 Å². The molecule has 0 bridgehead atoms. The van der Waals surface area contributed by atoms with E-state index in [0.717, 1.165) is 32.5 Å². The first-order chi connectivity index (χ1) is 9.58. The normalized spacial score (nSPS) is 21.0. The largest absolute Gasteiger partial charge is 0.340 e.